The van der Waals surface area contributed by atoms with Crippen molar-refractivity contribution in [1.82, 2.24) is 0 Å². The summed E-state index contributed by atoms with van der Waals surface area (Å²) < 4.78 is 44.6. The number of hydrogen-bond acceptors (Lipinski definition) is 5. The van der Waals surface area contributed by atoms with E-state index >= 15 is 0 Å². The Morgan fingerprint density at radius 1 is 1.41 bits per heavy atom. The predicted molar refractivity (Wildman–Crippen MR) is 78.1 cm³/mol. The molecule has 1 aromatic carbocycles. The first-order valence-corrected chi connectivity index (χ1v) is 8.01. The molecule has 0 bridgehead atoms. The number of phenolic OH excluding ortho intramolecular Hbond substituents is 1. The van der Waals surface area contributed by atoms with Gasteiger partial charge in [-0.3, -0.25) is 4.72 Å². The summed E-state index contributed by atoms with van der Waals surface area (Å²) in [4.78, 5) is 11.1. The van der Waals surface area contributed by atoms with E-state index in [-0.39, 0.29) is 5.92 Å². The maximum Gasteiger partial charge on any atom is 0.337 e. The lowest BCUT2D eigenvalue weighted by molar-refractivity contribution is 0.0697. The van der Waals surface area contributed by atoms with E-state index < -0.39 is 50.7 Å². The molecule has 0 aliphatic heterocycles. The van der Waals surface area contributed by atoms with Crippen molar-refractivity contribution >= 4 is 21.7 Å². The summed E-state index contributed by atoms with van der Waals surface area (Å²) in [5, 5.41) is 18.2. The van der Waals surface area contributed by atoms with Gasteiger partial charge < -0.3 is 14.9 Å². The Bertz CT molecular complexity index is 659. The molecular weight excluding hydrogens is 317 g/mol. The summed E-state index contributed by atoms with van der Waals surface area (Å²) in [6, 6.07) is 1.26. The second-order valence-corrected chi connectivity index (χ2v) is 6.82. The molecule has 7 nitrogen and oxygen atoms in total. The Morgan fingerprint density at radius 2 is 2.00 bits per heavy atom. The van der Waals surface area contributed by atoms with Gasteiger partial charge in [0.2, 0.25) is 10.0 Å². The van der Waals surface area contributed by atoms with Crippen LogP contribution in [0.1, 0.15) is 24.2 Å². The quantitative estimate of drug-likeness (QED) is 0.653. The van der Waals surface area contributed by atoms with Crippen LogP contribution < -0.4 is 4.72 Å². The van der Waals surface area contributed by atoms with Crippen molar-refractivity contribution < 1.29 is 32.6 Å². The van der Waals surface area contributed by atoms with Crippen molar-refractivity contribution in [3.63, 3.8) is 0 Å². The van der Waals surface area contributed by atoms with Gasteiger partial charge in [0.1, 0.15) is 0 Å². The van der Waals surface area contributed by atoms with Gasteiger partial charge in [-0.15, -0.1) is 0 Å². The van der Waals surface area contributed by atoms with Gasteiger partial charge in [0.05, 0.1) is 23.1 Å². The number of benzene rings is 1. The molecule has 0 saturated heterocycles. The number of halogens is 1. The highest BCUT2D eigenvalue weighted by molar-refractivity contribution is 7.92. The summed E-state index contributed by atoms with van der Waals surface area (Å²) in [7, 11) is -2.60. The lowest BCUT2D eigenvalue weighted by Crippen LogP contribution is -2.31. The lowest BCUT2D eigenvalue weighted by atomic mass is 10.1. The fraction of sp³-hybridized carbons (Fsp3) is 0.462. The summed E-state index contributed by atoms with van der Waals surface area (Å²) >= 11 is 0. The number of sulfonamides is 1. The lowest BCUT2D eigenvalue weighted by Gasteiger charge is -2.20. The van der Waals surface area contributed by atoms with Crippen LogP contribution in [0.5, 0.6) is 5.75 Å². The van der Waals surface area contributed by atoms with Gasteiger partial charge in [-0.25, -0.2) is 17.6 Å². The molecule has 0 saturated carbocycles. The Kier molecular flexibility index (Phi) is 5.72. The van der Waals surface area contributed by atoms with Crippen LogP contribution in [-0.2, 0) is 14.8 Å². The number of hydrogen-bond donors (Lipinski definition) is 3. The average Bonchev–Trinajstić information content (AvgIpc) is 2.39. The van der Waals surface area contributed by atoms with Crippen LogP contribution in [0.15, 0.2) is 12.1 Å². The second-order valence-electron chi connectivity index (χ2n) is 5.06. The van der Waals surface area contributed by atoms with Gasteiger partial charge in [0.15, 0.2) is 11.6 Å². The summed E-state index contributed by atoms with van der Waals surface area (Å²) in [5.74, 6) is -4.01. The normalized spacial score (nSPS) is 13.1. The number of anilines is 1. The molecule has 0 fully saturated rings. The number of carboxylic acids is 1. The maximum atomic E-state index is 13.4. The van der Waals surface area contributed by atoms with E-state index in [9.17, 15) is 22.7 Å². The van der Waals surface area contributed by atoms with E-state index in [1.54, 1.807) is 13.8 Å². The van der Waals surface area contributed by atoms with Gasteiger partial charge in [0.25, 0.3) is 0 Å². The first-order valence-electron chi connectivity index (χ1n) is 6.36. The fourth-order valence-corrected chi connectivity index (χ4v) is 3.32. The van der Waals surface area contributed by atoms with Crippen molar-refractivity contribution in [3.05, 3.63) is 23.5 Å². The van der Waals surface area contributed by atoms with Crippen molar-refractivity contribution in [1.29, 1.82) is 0 Å². The molecule has 1 atom stereocenters. The molecule has 0 amide bonds. The number of ether oxygens (including phenoxy) is 1. The van der Waals surface area contributed by atoms with Gasteiger partial charge in [-0.2, -0.15) is 0 Å². The summed E-state index contributed by atoms with van der Waals surface area (Å²) in [6.07, 6.45) is -0.604. The highest BCUT2D eigenvalue weighted by atomic mass is 32.2. The highest BCUT2D eigenvalue weighted by Gasteiger charge is 2.24. The third-order valence-corrected chi connectivity index (χ3v) is 4.31. The van der Waals surface area contributed by atoms with Crippen LogP contribution in [0.2, 0.25) is 0 Å². The maximum absolute atomic E-state index is 13.4. The SMILES string of the molecule is COC(CS(=O)(=O)Nc1cc(F)c(O)cc1C(=O)O)C(C)C. The zero-order chi connectivity index (χ0) is 17.1. The largest absolute Gasteiger partial charge is 0.505 e. The van der Waals surface area contributed by atoms with E-state index in [4.69, 9.17) is 9.84 Å². The number of carbonyl (C=O) groups is 1. The molecule has 3 N–H and O–H groups in total. The number of phenols is 1. The van der Waals surface area contributed by atoms with Crippen LogP contribution >= 0.6 is 0 Å². The van der Waals surface area contributed by atoms with E-state index in [1.165, 1.54) is 7.11 Å². The number of rotatable bonds is 7. The minimum absolute atomic E-state index is 0.0860. The molecular formula is C13H18FNO6S. The second kappa shape index (κ2) is 6.93. The van der Waals surface area contributed by atoms with Crippen LogP contribution in [0.3, 0.4) is 0 Å². The molecule has 0 spiro atoms. The van der Waals surface area contributed by atoms with Crippen LogP contribution in [0, 0.1) is 11.7 Å². The molecule has 1 aromatic rings. The number of aromatic carboxylic acids is 1. The zero-order valence-electron chi connectivity index (χ0n) is 12.3. The molecule has 0 aliphatic rings. The van der Waals surface area contributed by atoms with Crippen LogP contribution in [-0.4, -0.2) is 43.6 Å². The first-order chi connectivity index (χ1) is 10.1. The molecule has 9 heteroatoms. The van der Waals surface area contributed by atoms with Crippen molar-refractivity contribution in [2.24, 2.45) is 5.92 Å². The number of aromatic hydroxyl groups is 1. The molecule has 0 aliphatic carbocycles. The topological polar surface area (TPSA) is 113 Å². The number of nitrogens with one attached hydrogen (secondary N) is 1. The Labute approximate surface area is 127 Å². The monoisotopic (exact) mass is 335 g/mol. The highest BCUT2D eigenvalue weighted by Crippen LogP contribution is 2.26. The Morgan fingerprint density at radius 3 is 2.45 bits per heavy atom. The molecule has 0 aromatic heterocycles. The Balaban J connectivity index is 3.12. The average molecular weight is 335 g/mol. The van der Waals surface area contributed by atoms with Gasteiger partial charge in [0, 0.05) is 13.2 Å². The molecule has 22 heavy (non-hydrogen) atoms. The van der Waals surface area contributed by atoms with E-state index in [0.29, 0.717) is 12.1 Å². The minimum Gasteiger partial charge on any atom is -0.505 e. The van der Waals surface area contributed by atoms with Crippen LogP contribution in [0.4, 0.5) is 10.1 Å². The van der Waals surface area contributed by atoms with Crippen molar-refractivity contribution in [2.45, 2.75) is 20.0 Å². The molecule has 0 heterocycles. The summed E-state index contributed by atoms with van der Waals surface area (Å²) in [5.41, 5.74) is -1.01. The number of methoxy groups -OCH3 is 1. The van der Waals surface area contributed by atoms with Gasteiger partial charge >= 0.3 is 5.97 Å². The van der Waals surface area contributed by atoms with E-state index in [1.807, 2.05) is 4.72 Å². The third kappa shape index (κ3) is 4.57. The van der Waals surface area contributed by atoms with Crippen molar-refractivity contribution in [3.8, 4) is 5.75 Å². The van der Waals surface area contributed by atoms with Gasteiger partial charge in [-0.05, 0) is 12.0 Å². The number of carboxylic acid groups (broad SMARTS) is 1. The first kappa shape index (κ1) is 18.2. The predicted octanol–water partition coefficient (Wildman–Crippen LogP) is 1.64. The zero-order valence-corrected chi connectivity index (χ0v) is 13.1. The standard InChI is InChI=1S/C13H18FNO6S/c1-7(2)12(21-3)6-22(19,20)15-10-5-9(14)11(16)4-8(10)13(17)18/h4-5,7,12,15-16H,6H2,1-3H3,(H,17,18). The summed E-state index contributed by atoms with van der Waals surface area (Å²) in [6.45, 7) is 3.54. The smallest absolute Gasteiger partial charge is 0.337 e. The molecule has 1 rings (SSSR count). The fourth-order valence-electron chi connectivity index (χ4n) is 1.78. The molecule has 0 radical (unpaired) electrons. The molecule has 124 valence electrons. The van der Waals surface area contributed by atoms with Crippen LogP contribution in [0.25, 0.3) is 0 Å². The van der Waals surface area contributed by atoms with Crippen molar-refractivity contribution in [2.75, 3.05) is 17.6 Å². The third-order valence-electron chi connectivity index (χ3n) is 3.01. The molecule has 1 unspecified atom stereocenters. The van der Waals surface area contributed by atoms with E-state index in [2.05, 4.69) is 0 Å². The minimum atomic E-state index is -3.96. The van der Waals surface area contributed by atoms with E-state index in [0.717, 1.165) is 0 Å². The van der Waals surface area contributed by atoms with Gasteiger partial charge in [-0.1, -0.05) is 13.8 Å². The Hall–Kier alpha value is -1.87.